The number of fused-ring (bicyclic) bond motifs is 5. The van der Waals surface area contributed by atoms with Gasteiger partial charge in [0, 0.05) is 5.41 Å². The molecule has 0 aromatic rings. The molecule has 2 N–H and O–H groups in total. The minimum atomic E-state index is -0.189. The summed E-state index contributed by atoms with van der Waals surface area (Å²) in [5.41, 5.74) is 1.88. The van der Waals surface area contributed by atoms with E-state index in [-0.39, 0.29) is 11.5 Å². The van der Waals surface area contributed by atoms with Gasteiger partial charge in [-0.1, -0.05) is 59.1 Å². The fraction of sp³-hybridized carbons (Fsp3) is 0.931. The van der Waals surface area contributed by atoms with Gasteiger partial charge in [-0.25, -0.2) is 0 Å². The van der Waals surface area contributed by atoms with Crippen LogP contribution in [-0.2, 0) is 0 Å². The van der Waals surface area contributed by atoms with Crippen LogP contribution in [0.4, 0.5) is 0 Å². The van der Waals surface area contributed by atoms with Gasteiger partial charge in [0.2, 0.25) is 0 Å². The van der Waals surface area contributed by atoms with Gasteiger partial charge in [-0.05, 0) is 105 Å². The summed E-state index contributed by atoms with van der Waals surface area (Å²) in [6, 6.07) is 0. The zero-order valence-corrected chi connectivity index (χ0v) is 21.1. The van der Waals surface area contributed by atoms with Crippen molar-refractivity contribution >= 4 is 0 Å². The second kappa shape index (κ2) is 9.13. The van der Waals surface area contributed by atoms with Crippen molar-refractivity contribution in [3.63, 3.8) is 0 Å². The lowest BCUT2D eigenvalue weighted by Gasteiger charge is -2.59. The molecule has 0 heterocycles. The fourth-order valence-electron chi connectivity index (χ4n) is 9.39. The van der Waals surface area contributed by atoms with Gasteiger partial charge in [0.25, 0.3) is 0 Å². The van der Waals surface area contributed by atoms with Crippen LogP contribution in [0, 0.1) is 52.3 Å². The van der Waals surface area contributed by atoms with Crippen LogP contribution in [0.25, 0.3) is 0 Å². The van der Waals surface area contributed by atoms with Crippen molar-refractivity contribution < 1.29 is 10.2 Å². The minimum absolute atomic E-state index is 0.0151. The van der Waals surface area contributed by atoms with Gasteiger partial charge in [0.15, 0.2) is 0 Å². The van der Waals surface area contributed by atoms with E-state index in [4.69, 9.17) is 0 Å². The van der Waals surface area contributed by atoms with E-state index in [9.17, 15) is 10.2 Å². The molecule has 31 heavy (non-hydrogen) atoms. The number of aliphatic hydroxyl groups excluding tert-OH is 2. The molecule has 0 amide bonds. The summed E-state index contributed by atoms with van der Waals surface area (Å²) in [4.78, 5) is 0. The monoisotopic (exact) mass is 430 g/mol. The molecular weight excluding hydrogens is 380 g/mol. The zero-order chi connectivity index (χ0) is 22.4. The van der Waals surface area contributed by atoms with Gasteiger partial charge >= 0.3 is 0 Å². The lowest BCUT2D eigenvalue weighted by molar-refractivity contribution is -0.0797. The molecule has 3 saturated carbocycles. The SMILES string of the molecule is CC[C@@H](CC[C@@H](C)[C@@H]1CC[C@@H]2[C@@H]3CC=C4C[C@H](O)CC[C@]4(CO)[C@H]3CC[C@@]21C)C(C)C. The van der Waals surface area contributed by atoms with Crippen LogP contribution in [0.5, 0.6) is 0 Å². The number of hydrogen-bond acceptors (Lipinski definition) is 2. The summed E-state index contributed by atoms with van der Waals surface area (Å²) in [5, 5.41) is 20.9. The molecule has 0 saturated heterocycles. The molecule has 178 valence electrons. The normalized spacial score (nSPS) is 44.3. The van der Waals surface area contributed by atoms with Gasteiger partial charge in [0.05, 0.1) is 12.7 Å². The van der Waals surface area contributed by atoms with Gasteiger partial charge in [-0.3, -0.25) is 0 Å². The van der Waals surface area contributed by atoms with Crippen LogP contribution in [-0.4, -0.2) is 22.9 Å². The number of allylic oxidation sites excluding steroid dienone is 1. The number of aliphatic hydroxyl groups is 2. The van der Waals surface area contributed by atoms with E-state index in [0.717, 1.165) is 54.8 Å². The average molecular weight is 431 g/mol. The van der Waals surface area contributed by atoms with E-state index in [1.165, 1.54) is 56.9 Å². The Labute approximate surface area is 192 Å². The third-order valence-corrected chi connectivity index (χ3v) is 11.3. The topological polar surface area (TPSA) is 40.5 Å². The minimum Gasteiger partial charge on any atom is -0.395 e. The Balaban J connectivity index is 1.50. The highest BCUT2D eigenvalue weighted by molar-refractivity contribution is 5.26. The maximum Gasteiger partial charge on any atom is 0.0577 e. The van der Waals surface area contributed by atoms with E-state index in [2.05, 4.69) is 40.7 Å². The molecule has 2 heteroatoms. The van der Waals surface area contributed by atoms with Gasteiger partial charge in [-0.15, -0.1) is 0 Å². The number of rotatable bonds is 7. The second-order valence-electron chi connectivity index (χ2n) is 12.7. The van der Waals surface area contributed by atoms with Gasteiger partial charge < -0.3 is 10.2 Å². The van der Waals surface area contributed by atoms with Crippen LogP contribution in [0.1, 0.15) is 105 Å². The first-order valence-electron chi connectivity index (χ1n) is 13.7. The Bertz CT molecular complexity index is 653. The lowest BCUT2D eigenvalue weighted by Crippen LogP contribution is -2.53. The van der Waals surface area contributed by atoms with Crippen molar-refractivity contribution in [2.75, 3.05) is 6.61 Å². The predicted molar refractivity (Wildman–Crippen MR) is 130 cm³/mol. The summed E-state index contributed by atoms with van der Waals surface area (Å²) in [6.45, 7) is 12.7. The van der Waals surface area contributed by atoms with E-state index < -0.39 is 0 Å². The summed E-state index contributed by atoms with van der Waals surface area (Å²) < 4.78 is 0. The molecule has 9 atom stereocenters. The first kappa shape index (κ1) is 23.8. The molecule has 3 fully saturated rings. The summed E-state index contributed by atoms with van der Waals surface area (Å²) in [5.74, 6) is 5.64. The molecular formula is C29H50O2. The van der Waals surface area contributed by atoms with Crippen molar-refractivity contribution in [1.82, 2.24) is 0 Å². The Hall–Kier alpha value is -0.340. The quantitative estimate of drug-likeness (QED) is 0.427. The Morgan fingerprint density at radius 1 is 1.03 bits per heavy atom. The Morgan fingerprint density at radius 2 is 1.81 bits per heavy atom. The van der Waals surface area contributed by atoms with Crippen molar-refractivity contribution in [2.45, 2.75) is 111 Å². The first-order valence-corrected chi connectivity index (χ1v) is 13.7. The molecule has 2 nitrogen and oxygen atoms in total. The molecule has 0 aromatic carbocycles. The highest BCUT2D eigenvalue weighted by Gasteiger charge is 2.60. The largest absolute Gasteiger partial charge is 0.395 e. The molecule has 0 aliphatic heterocycles. The molecule has 4 rings (SSSR count). The van der Waals surface area contributed by atoms with E-state index in [0.29, 0.717) is 17.9 Å². The number of hydrogen-bond donors (Lipinski definition) is 2. The maximum absolute atomic E-state index is 10.6. The Kier molecular flexibility index (Phi) is 7.01. The van der Waals surface area contributed by atoms with Crippen LogP contribution in [0.3, 0.4) is 0 Å². The molecule has 0 aromatic heterocycles. The van der Waals surface area contributed by atoms with Gasteiger partial charge in [-0.2, -0.15) is 0 Å². The summed E-state index contributed by atoms with van der Waals surface area (Å²) in [7, 11) is 0. The highest BCUT2D eigenvalue weighted by Crippen LogP contribution is 2.67. The van der Waals surface area contributed by atoms with Crippen molar-refractivity contribution in [2.24, 2.45) is 52.3 Å². The van der Waals surface area contributed by atoms with Crippen molar-refractivity contribution in [3.8, 4) is 0 Å². The van der Waals surface area contributed by atoms with Crippen LogP contribution < -0.4 is 0 Å². The van der Waals surface area contributed by atoms with Crippen LogP contribution >= 0.6 is 0 Å². The Morgan fingerprint density at radius 3 is 2.48 bits per heavy atom. The zero-order valence-electron chi connectivity index (χ0n) is 21.1. The van der Waals surface area contributed by atoms with E-state index in [1.54, 1.807) is 0 Å². The second-order valence-corrected chi connectivity index (χ2v) is 12.7. The van der Waals surface area contributed by atoms with Crippen LogP contribution in [0.15, 0.2) is 11.6 Å². The molecule has 4 aliphatic carbocycles. The average Bonchev–Trinajstić information content (AvgIpc) is 3.10. The van der Waals surface area contributed by atoms with Gasteiger partial charge in [0.1, 0.15) is 0 Å². The predicted octanol–water partition coefficient (Wildman–Crippen LogP) is 7.00. The van der Waals surface area contributed by atoms with Crippen LogP contribution in [0.2, 0.25) is 0 Å². The highest BCUT2D eigenvalue weighted by atomic mass is 16.3. The van der Waals surface area contributed by atoms with Crippen molar-refractivity contribution in [3.05, 3.63) is 11.6 Å². The maximum atomic E-state index is 10.6. The first-order chi connectivity index (χ1) is 14.8. The fourth-order valence-corrected chi connectivity index (χ4v) is 9.39. The molecule has 4 aliphatic rings. The third kappa shape index (κ3) is 3.96. The van der Waals surface area contributed by atoms with Crippen molar-refractivity contribution in [1.29, 1.82) is 0 Å². The molecule has 0 unspecified atom stereocenters. The third-order valence-electron chi connectivity index (χ3n) is 11.3. The standard InChI is InChI=1S/C29H50O2/c1-6-21(19(2)3)8-7-20(4)25-11-12-26-24-10-9-22-17-23(31)13-16-29(22,18-30)27(24)14-15-28(25,26)5/h9,19-21,23-27,30-31H,6-8,10-18H2,1-5H3/t20-,21+,23-,24+,25+,26-,27+,28-,29-/m1/s1. The summed E-state index contributed by atoms with van der Waals surface area (Å²) >= 11 is 0. The molecule has 0 spiro atoms. The molecule has 0 radical (unpaired) electrons. The molecule has 0 bridgehead atoms. The lowest BCUT2D eigenvalue weighted by atomic mass is 9.46. The van der Waals surface area contributed by atoms with E-state index in [1.807, 2.05) is 0 Å². The van der Waals surface area contributed by atoms with E-state index >= 15 is 0 Å². The summed E-state index contributed by atoms with van der Waals surface area (Å²) in [6.07, 6.45) is 15.7. The smallest absolute Gasteiger partial charge is 0.0577 e.